The highest BCUT2D eigenvalue weighted by Crippen LogP contribution is 2.35. The maximum absolute atomic E-state index is 12.4. The van der Waals surface area contributed by atoms with Gasteiger partial charge in [0.15, 0.2) is 18.1 Å². The molecule has 4 rings (SSSR count). The maximum Gasteiger partial charge on any atom is 0.263 e. The molecule has 1 fully saturated rings. The molecular formula is C20H22N2O6S. The Labute approximate surface area is 172 Å². The summed E-state index contributed by atoms with van der Waals surface area (Å²) in [6, 6.07) is 9.33. The molecule has 0 bridgehead atoms. The Hall–Kier alpha value is -2.78. The third kappa shape index (κ3) is 4.99. The lowest BCUT2D eigenvalue weighted by molar-refractivity contribution is -0.144. The number of oxime groups is 1. The average molecular weight is 418 g/mol. The van der Waals surface area contributed by atoms with Crippen LogP contribution in [0.3, 0.4) is 0 Å². The van der Waals surface area contributed by atoms with Crippen LogP contribution >= 0.6 is 11.3 Å². The lowest BCUT2D eigenvalue weighted by Crippen LogP contribution is -2.48. The topological polar surface area (TPSA) is 78.8 Å². The van der Waals surface area contributed by atoms with Gasteiger partial charge in [0.05, 0.1) is 23.7 Å². The molecule has 0 aliphatic carbocycles. The summed E-state index contributed by atoms with van der Waals surface area (Å²) in [5.41, 5.74) is 0.754. The molecule has 1 aromatic heterocycles. The number of benzene rings is 1. The number of carbonyl (C=O) groups is 1. The summed E-state index contributed by atoms with van der Waals surface area (Å²) in [5.74, 6) is 1.92. The van der Waals surface area contributed by atoms with E-state index in [0.29, 0.717) is 43.6 Å². The molecule has 1 amide bonds. The van der Waals surface area contributed by atoms with E-state index in [2.05, 4.69) is 5.16 Å². The number of carbonyl (C=O) groups excluding carboxylic acids is 1. The molecule has 154 valence electrons. The molecule has 1 unspecified atom stereocenters. The zero-order valence-corrected chi connectivity index (χ0v) is 16.9. The SMILES string of the molecule is CC(=NOCC(=O)N1CCOC(COc2ccc3c(c2)OCO3)C1)c1cccs1. The van der Waals surface area contributed by atoms with Gasteiger partial charge in [0.2, 0.25) is 6.79 Å². The monoisotopic (exact) mass is 418 g/mol. The van der Waals surface area contributed by atoms with Crippen LogP contribution in [0.1, 0.15) is 11.8 Å². The highest BCUT2D eigenvalue weighted by atomic mass is 32.1. The number of fused-ring (bicyclic) bond motifs is 1. The van der Waals surface area contributed by atoms with E-state index >= 15 is 0 Å². The second-order valence-electron chi connectivity index (χ2n) is 6.59. The van der Waals surface area contributed by atoms with Crippen LogP contribution in [0.5, 0.6) is 17.2 Å². The van der Waals surface area contributed by atoms with Gasteiger partial charge in [-0.05, 0) is 30.5 Å². The lowest BCUT2D eigenvalue weighted by Gasteiger charge is -2.32. The van der Waals surface area contributed by atoms with Crippen molar-refractivity contribution in [2.45, 2.75) is 13.0 Å². The fourth-order valence-corrected chi connectivity index (χ4v) is 3.68. The highest BCUT2D eigenvalue weighted by molar-refractivity contribution is 7.12. The van der Waals surface area contributed by atoms with Crippen molar-refractivity contribution in [2.75, 3.05) is 39.7 Å². The minimum Gasteiger partial charge on any atom is -0.491 e. The molecule has 8 nitrogen and oxygen atoms in total. The fraction of sp³-hybridized carbons (Fsp3) is 0.400. The van der Waals surface area contributed by atoms with E-state index in [4.69, 9.17) is 23.8 Å². The van der Waals surface area contributed by atoms with Crippen molar-refractivity contribution >= 4 is 23.0 Å². The van der Waals surface area contributed by atoms with Crippen molar-refractivity contribution in [1.29, 1.82) is 0 Å². The Morgan fingerprint density at radius 2 is 2.21 bits per heavy atom. The average Bonchev–Trinajstić information content (AvgIpc) is 3.44. The van der Waals surface area contributed by atoms with Crippen LogP contribution in [-0.4, -0.2) is 62.3 Å². The van der Waals surface area contributed by atoms with E-state index < -0.39 is 0 Å². The standard InChI is InChI=1S/C20H22N2O6S/c1-14(19-3-2-8-29-19)21-28-12-20(23)22-6-7-24-16(10-22)11-25-15-4-5-17-18(9-15)27-13-26-17/h2-5,8-9,16H,6-7,10-13H2,1H3. The first-order valence-corrected chi connectivity index (χ1v) is 10.2. The van der Waals surface area contributed by atoms with Crippen LogP contribution < -0.4 is 14.2 Å². The Balaban J connectivity index is 1.23. The van der Waals surface area contributed by atoms with Gasteiger partial charge < -0.3 is 28.7 Å². The molecule has 1 aromatic carbocycles. The predicted molar refractivity (Wildman–Crippen MR) is 107 cm³/mol. The predicted octanol–water partition coefficient (Wildman–Crippen LogP) is 2.52. The molecule has 0 radical (unpaired) electrons. The van der Waals surface area contributed by atoms with E-state index in [1.807, 2.05) is 36.6 Å². The number of thiophene rings is 1. The number of ether oxygens (including phenoxy) is 4. The Morgan fingerprint density at radius 1 is 1.31 bits per heavy atom. The molecular weight excluding hydrogens is 396 g/mol. The normalized spacial score (nSPS) is 18.6. The Bertz CT molecular complexity index is 870. The zero-order valence-electron chi connectivity index (χ0n) is 16.0. The van der Waals surface area contributed by atoms with Crippen LogP contribution in [0.25, 0.3) is 0 Å². The molecule has 0 saturated carbocycles. The Morgan fingerprint density at radius 3 is 3.07 bits per heavy atom. The molecule has 0 spiro atoms. The summed E-state index contributed by atoms with van der Waals surface area (Å²) in [6.45, 7) is 3.74. The van der Waals surface area contributed by atoms with Crippen molar-refractivity contribution in [3.63, 3.8) is 0 Å². The van der Waals surface area contributed by atoms with Crippen molar-refractivity contribution in [1.82, 2.24) is 4.90 Å². The summed E-state index contributed by atoms with van der Waals surface area (Å²) in [7, 11) is 0. The van der Waals surface area contributed by atoms with Gasteiger partial charge in [0.25, 0.3) is 5.91 Å². The van der Waals surface area contributed by atoms with E-state index in [-0.39, 0.29) is 25.4 Å². The van der Waals surface area contributed by atoms with Crippen LogP contribution in [0, 0.1) is 0 Å². The summed E-state index contributed by atoms with van der Waals surface area (Å²) in [5, 5.41) is 6.00. The number of hydrogen-bond donors (Lipinski definition) is 0. The fourth-order valence-electron chi connectivity index (χ4n) is 3.01. The molecule has 2 aliphatic heterocycles. The summed E-state index contributed by atoms with van der Waals surface area (Å²) < 4.78 is 22.2. The second kappa shape index (κ2) is 9.15. The number of rotatable bonds is 7. The quantitative estimate of drug-likeness (QED) is 0.508. The van der Waals surface area contributed by atoms with Crippen molar-refractivity contribution in [2.24, 2.45) is 5.16 Å². The first-order valence-electron chi connectivity index (χ1n) is 9.31. The van der Waals surface area contributed by atoms with Crippen LogP contribution in [0.15, 0.2) is 40.9 Å². The van der Waals surface area contributed by atoms with Gasteiger partial charge in [-0.1, -0.05) is 11.2 Å². The smallest absolute Gasteiger partial charge is 0.263 e. The second-order valence-corrected chi connectivity index (χ2v) is 7.53. The van der Waals surface area contributed by atoms with Crippen molar-refractivity contribution in [3.8, 4) is 17.2 Å². The summed E-state index contributed by atoms with van der Waals surface area (Å²) in [6.07, 6.45) is -0.213. The van der Waals surface area contributed by atoms with Gasteiger partial charge in [0, 0.05) is 12.6 Å². The maximum atomic E-state index is 12.4. The number of morpholine rings is 1. The van der Waals surface area contributed by atoms with E-state index in [0.717, 1.165) is 10.6 Å². The molecule has 1 atom stereocenters. The van der Waals surface area contributed by atoms with Gasteiger partial charge in [-0.2, -0.15) is 0 Å². The number of nitrogens with zero attached hydrogens (tertiary/aromatic N) is 2. The Kier molecular flexibility index (Phi) is 6.16. The molecule has 1 saturated heterocycles. The van der Waals surface area contributed by atoms with E-state index in [1.54, 1.807) is 22.3 Å². The molecule has 2 aromatic rings. The van der Waals surface area contributed by atoms with Gasteiger partial charge in [-0.15, -0.1) is 11.3 Å². The van der Waals surface area contributed by atoms with E-state index in [9.17, 15) is 4.79 Å². The first-order chi connectivity index (χ1) is 14.2. The minimum atomic E-state index is -0.213. The molecule has 0 N–H and O–H groups in total. The zero-order chi connectivity index (χ0) is 20.1. The summed E-state index contributed by atoms with van der Waals surface area (Å²) in [4.78, 5) is 20.4. The van der Waals surface area contributed by atoms with Crippen LogP contribution in [-0.2, 0) is 14.4 Å². The van der Waals surface area contributed by atoms with Crippen molar-refractivity contribution < 1.29 is 28.6 Å². The van der Waals surface area contributed by atoms with Gasteiger partial charge in [0.1, 0.15) is 18.5 Å². The van der Waals surface area contributed by atoms with Crippen LogP contribution in [0.4, 0.5) is 0 Å². The molecule has 3 heterocycles. The summed E-state index contributed by atoms with van der Waals surface area (Å²) >= 11 is 1.58. The third-order valence-electron chi connectivity index (χ3n) is 4.54. The first kappa shape index (κ1) is 19.5. The van der Waals surface area contributed by atoms with Crippen LogP contribution in [0.2, 0.25) is 0 Å². The lowest BCUT2D eigenvalue weighted by atomic mass is 10.2. The largest absolute Gasteiger partial charge is 0.491 e. The van der Waals surface area contributed by atoms with E-state index in [1.165, 1.54) is 0 Å². The molecule has 9 heteroatoms. The van der Waals surface area contributed by atoms with Gasteiger partial charge in [-0.3, -0.25) is 4.79 Å². The molecule has 2 aliphatic rings. The minimum absolute atomic E-state index is 0.0988. The number of amides is 1. The van der Waals surface area contributed by atoms with Crippen molar-refractivity contribution in [3.05, 3.63) is 40.6 Å². The number of hydrogen-bond acceptors (Lipinski definition) is 8. The van der Waals surface area contributed by atoms with Gasteiger partial charge >= 0.3 is 0 Å². The molecule has 29 heavy (non-hydrogen) atoms. The third-order valence-corrected chi connectivity index (χ3v) is 5.52. The highest BCUT2D eigenvalue weighted by Gasteiger charge is 2.25. The van der Waals surface area contributed by atoms with Gasteiger partial charge in [-0.25, -0.2) is 0 Å².